The highest BCUT2D eigenvalue weighted by atomic mass is 32.2. The molecule has 0 radical (unpaired) electrons. The summed E-state index contributed by atoms with van der Waals surface area (Å²) < 4.78 is 7.13. The van der Waals surface area contributed by atoms with Crippen molar-refractivity contribution in [2.24, 2.45) is 0 Å². The van der Waals surface area contributed by atoms with Gasteiger partial charge in [0.1, 0.15) is 5.75 Å². The Labute approximate surface area is 152 Å². The first kappa shape index (κ1) is 17.4. The molecule has 0 spiro atoms. The average molecular weight is 374 g/mol. The van der Waals surface area contributed by atoms with Crippen molar-refractivity contribution in [2.45, 2.75) is 23.1 Å². The number of hydrogen-bond donors (Lipinski definition) is 0. The van der Waals surface area contributed by atoms with Crippen molar-refractivity contribution in [1.82, 2.24) is 4.98 Å². The van der Waals surface area contributed by atoms with Gasteiger partial charge in [-0.15, -0.1) is 11.3 Å². The Morgan fingerprint density at radius 3 is 2.80 bits per heavy atom. The highest BCUT2D eigenvalue weighted by Crippen LogP contribution is 2.39. The van der Waals surface area contributed by atoms with Gasteiger partial charge in [0.2, 0.25) is 0 Å². The van der Waals surface area contributed by atoms with Crippen molar-refractivity contribution in [3.63, 3.8) is 0 Å². The molecule has 128 valence electrons. The lowest BCUT2D eigenvalue weighted by Crippen LogP contribution is -1.96. The van der Waals surface area contributed by atoms with Crippen LogP contribution in [0.1, 0.15) is 24.2 Å². The topological polar surface area (TPSA) is 82.3 Å². The molecule has 0 saturated carbocycles. The standard InChI is InChI=1S/C17H14N2O4S2/c1-3-23-12-5-6-13-16(9-12)25-17(18-13)24-15-7-4-11(10(2)20)8-14(15)19(21)22/h4-9H,3H2,1-2H3. The molecule has 3 aromatic rings. The Morgan fingerprint density at radius 1 is 1.32 bits per heavy atom. The third-order valence-corrected chi connectivity index (χ3v) is 5.55. The Balaban J connectivity index is 1.95. The van der Waals surface area contributed by atoms with Crippen LogP contribution in [0.4, 0.5) is 5.69 Å². The molecule has 3 rings (SSSR count). The molecule has 8 heteroatoms. The van der Waals surface area contributed by atoms with Gasteiger partial charge in [-0.25, -0.2) is 4.98 Å². The van der Waals surface area contributed by atoms with E-state index in [0.29, 0.717) is 21.4 Å². The van der Waals surface area contributed by atoms with Gasteiger partial charge in [-0.2, -0.15) is 0 Å². The van der Waals surface area contributed by atoms with Gasteiger partial charge < -0.3 is 4.74 Å². The summed E-state index contributed by atoms with van der Waals surface area (Å²) in [6.07, 6.45) is 0. The second-order valence-electron chi connectivity index (χ2n) is 5.14. The summed E-state index contributed by atoms with van der Waals surface area (Å²) in [4.78, 5) is 27.2. The number of hydrogen-bond acceptors (Lipinski definition) is 7. The number of fused-ring (bicyclic) bond motifs is 1. The van der Waals surface area contributed by atoms with Crippen LogP contribution < -0.4 is 4.74 Å². The van der Waals surface area contributed by atoms with Gasteiger partial charge in [-0.3, -0.25) is 14.9 Å². The van der Waals surface area contributed by atoms with Crippen molar-refractivity contribution in [3.05, 3.63) is 52.1 Å². The van der Waals surface area contributed by atoms with E-state index in [1.165, 1.54) is 36.1 Å². The second-order valence-corrected chi connectivity index (χ2v) is 7.46. The molecule has 1 heterocycles. The van der Waals surface area contributed by atoms with E-state index in [4.69, 9.17) is 4.74 Å². The maximum absolute atomic E-state index is 11.4. The van der Waals surface area contributed by atoms with E-state index in [9.17, 15) is 14.9 Å². The van der Waals surface area contributed by atoms with Gasteiger partial charge in [0.25, 0.3) is 5.69 Å². The Morgan fingerprint density at radius 2 is 2.12 bits per heavy atom. The molecule has 0 bridgehead atoms. The molecule has 0 aliphatic heterocycles. The zero-order valence-electron chi connectivity index (χ0n) is 13.5. The second kappa shape index (κ2) is 7.20. The first-order valence-electron chi connectivity index (χ1n) is 7.48. The molecule has 1 aromatic heterocycles. The number of rotatable bonds is 6. The molecule has 0 aliphatic rings. The predicted molar refractivity (Wildman–Crippen MR) is 98.0 cm³/mol. The number of benzene rings is 2. The molecule has 0 saturated heterocycles. The maximum atomic E-state index is 11.4. The Bertz CT molecular complexity index is 968. The van der Waals surface area contributed by atoms with Crippen LogP contribution in [0.5, 0.6) is 5.75 Å². The van der Waals surface area contributed by atoms with Gasteiger partial charge in [0.05, 0.1) is 26.6 Å². The minimum Gasteiger partial charge on any atom is -0.494 e. The number of Topliss-reactive ketones (excluding diaryl/α,β-unsaturated/α-hetero) is 1. The molecule has 0 aliphatic carbocycles. The molecule has 0 N–H and O–H groups in total. The molecular weight excluding hydrogens is 360 g/mol. The summed E-state index contributed by atoms with van der Waals surface area (Å²) in [6.45, 7) is 3.89. The van der Waals surface area contributed by atoms with Gasteiger partial charge in [-0.05, 0) is 44.2 Å². The molecule has 0 fully saturated rings. The number of nitro benzene ring substituents is 1. The number of nitrogens with zero attached hydrogens (tertiary/aromatic N) is 2. The number of ketones is 1. The van der Waals surface area contributed by atoms with Crippen LogP contribution in [-0.2, 0) is 0 Å². The van der Waals surface area contributed by atoms with Crippen LogP contribution in [-0.4, -0.2) is 22.3 Å². The fourth-order valence-electron chi connectivity index (χ4n) is 2.24. The van der Waals surface area contributed by atoms with E-state index >= 15 is 0 Å². The quantitative estimate of drug-likeness (QED) is 0.345. The summed E-state index contributed by atoms with van der Waals surface area (Å²) in [5.74, 6) is 0.565. The number of carbonyl (C=O) groups excluding carboxylic acids is 1. The van der Waals surface area contributed by atoms with Crippen LogP contribution in [0.3, 0.4) is 0 Å². The van der Waals surface area contributed by atoms with Crippen LogP contribution in [0.25, 0.3) is 10.2 Å². The molecule has 2 aromatic carbocycles. The third kappa shape index (κ3) is 3.80. The molecule has 0 amide bonds. The summed E-state index contributed by atoms with van der Waals surface area (Å²) in [6, 6.07) is 10.1. The molecular formula is C17H14N2O4S2. The van der Waals surface area contributed by atoms with Crippen LogP contribution in [0.15, 0.2) is 45.6 Å². The lowest BCUT2D eigenvalue weighted by Gasteiger charge is -2.02. The molecule has 0 atom stereocenters. The van der Waals surface area contributed by atoms with Crippen molar-refractivity contribution in [3.8, 4) is 5.75 Å². The molecule has 6 nitrogen and oxygen atoms in total. The first-order chi connectivity index (χ1) is 12.0. The van der Waals surface area contributed by atoms with E-state index in [2.05, 4.69) is 4.98 Å². The van der Waals surface area contributed by atoms with Crippen molar-refractivity contribution in [1.29, 1.82) is 0 Å². The Kier molecular flexibility index (Phi) is 5.00. The van der Waals surface area contributed by atoms with Crippen LogP contribution in [0, 0.1) is 10.1 Å². The van der Waals surface area contributed by atoms with Crippen molar-refractivity contribution < 1.29 is 14.5 Å². The van der Waals surface area contributed by atoms with E-state index in [-0.39, 0.29) is 11.5 Å². The van der Waals surface area contributed by atoms with E-state index in [0.717, 1.165) is 16.0 Å². The Hall–Kier alpha value is -2.45. The number of thiazole rings is 1. The smallest absolute Gasteiger partial charge is 0.284 e. The summed E-state index contributed by atoms with van der Waals surface area (Å²) in [5, 5.41) is 11.3. The van der Waals surface area contributed by atoms with Gasteiger partial charge in [0.15, 0.2) is 10.1 Å². The van der Waals surface area contributed by atoms with Gasteiger partial charge in [-0.1, -0.05) is 11.8 Å². The number of carbonyl (C=O) groups is 1. The van der Waals surface area contributed by atoms with E-state index in [1.807, 2.05) is 25.1 Å². The minimum atomic E-state index is -0.477. The largest absolute Gasteiger partial charge is 0.494 e. The zero-order chi connectivity index (χ0) is 18.0. The third-order valence-electron chi connectivity index (χ3n) is 3.41. The van der Waals surface area contributed by atoms with Gasteiger partial charge >= 0.3 is 0 Å². The zero-order valence-corrected chi connectivity index (χ0v) is 15.1. The summed E-state index contributed by atoms with van der Waals surface area (Å²) in [7, 11) is 0. The lowest BCUT2D eigenvalue weighted by atomic mass is 10.1. The maximum Gasteiger partial charge on any atom is 0.284 e. The van der Waals surface area contributed by atoms with Crippen LogP contribution >= 0.6 is 23.1 Å². The van der Waals surface area contributed by atoms with Crippen molar-refractivity contribution >= 4 is 44.8 Å². The SMILES string of the molecule is CCOc1ccc2nc(Sc3ccc(C(C)=O)cc3[N+](=O)[O-])sc2c1. The number of aromatic nitrogens is 1. The average Bonchev–Trinajstić information content (AvgIpc) is 2.96. The summed E-state index contributed by atoms with van der Waals surface area (Å²) in [5.41, 5.74) is 1.05. The molecule has 0 unspecified atom stereocenters. The fourth-order valence-corrected chi connectivity index (χ4v) is 4.38. The van der Waals surface area contributed by atoms with Crippen molar-refractivity contribution in [2.75, 3.05) is 6.61 Å². The lowest BCUT2D eigenvalue weighted by molar-refractivity contribution is -0.387. The predicted octanol–water partition coefficient (Wildman–Crippen LogP) is 4.96. The highest BCUT2D eigenvalue weighted by molar-refractivity contribution is 8.01. The normalized spacial score (nSPS) is 10.8. The number of nitro groups is 1. The number of ether oxygens (including phenoxy) is 1. The minimum absolute atomic E-state index is 0.0908. The molecule has 25 heavy (non-hydrogen) atoms. The van der Waals surface area contributed by atoms with Gasteiger partial charge in [0, 0.05) is 11.6 Å². The van der Waals surface area contributed by atoms with E-state index < -0.39 is 4.92 Å². The van der Waals surface area contributed by atoms with Crippen LogP contribution in [0.2, 0.25) is 0 Å². The monoisotopic (exact) mass is 374 g/mol. The van der Waals surface area contributed by atoms with E-state index in [1.54, 1.807) is 12.1 Å². The summed E-state index contributed by atoms with van der Waals surface area (Å²) >= 11 is 2.67. The fraction of sp³-hybridized carbons (Fsp3) is 0.176. The first-order valence-corrected chi connectivity index (χ1v) is 9.12. The highest BCUT2D eigenvalue weighted by Gasteiger charge is 2.19.